The summed E-state index contributed by atoms with van der Waals surface area (Å²) >= 11 is 0. The number of rotatable bonds is 21. The molecule has 2 heterocycles. The van der Waals surface area contributed by atoms with Crippen molar-refractivity contribution in [3.63, 3.8) is 0 Å². The standard InChI is InChI=1S/C44H56N6O2/c1-5-47(6-2)27-17-31-51-37-21-15-19-35(33-37)43-45-39-23-9-11-25-41(39)49(43)29-13-14-30-50-42-26-12-10-24-40(42)46-44(50)36-20-16-22-38(34-36)52-32-18-28-48(7-3)8-4/h9-12,15-16,19-26,33-34H,5-8,13-14,17-18,27-32H2,1-4H3. The van der Waals surface area contributed by atoms with Gasteiger partial charge < -0.3 is 28.4 Å². The number of para-hydroxylation sites is 4. The van der Waals surface area contributed by atoms with Crippen LogP contribution in [0.1, 0.15) is 53.4 Å². The smallest absolute Gasteiger partial charge is 0.141 e. The first kappa shape index (κ1) is 37.1. The lowest BCUT2D eigenvalue weighted by molar-refractivity contribution is 0.249. The predicted octanol–water partition coefficient (Wildman–Crippen LogP) is 9.42. The van der Waals surface area contributed by atoms with Crippen LogP contribution in [0.5, 0.6) is 11.5 Å². The number of unbranched alkanes of at least 4 members (excludes halogenated alkanes) is 1. The Kier molecular flexibility index (Phi) is 13.4. The van der Waals surface area contributed by atoms with Gasteiger partial charge in [0.1, 0.15) is 23.1 Å². The SMILES string of the molecule is CCN(CC)CCCOc1cccc(-c2nc3ccccc3n2CCCCn2c(-c3cccc(OCCCN(CC)CC)c3)nc3ccccc32)c1. The van der Waals surface area contributed by atoms with Crippen molar-refractivity contribution in [2.24, 2.45) is 0 Å². The molecule has 274 valence electrons. The van der Waals surface area contributed by atoms with Gasteiger partial charge in [0.25, 0.3) is 0 Å². The molecule has 0 unspecified atom stereocenters. The number of hydrogen-bond donors (Lipinski definition) is 0. The topological polar surface area (TPSA) is 60.6 Å². The molecule has 52 heavy (non-hydrogen) atoms. The monoisotopic (exact) mass is 700 g/mol. The van der Waals surface area contributed by atoms with Crippen molar-refractivity contribution >= 4 is 22.1 Å². The number of benzene rings is 4. The number of imidazole rings is 2. The fourth-order valence-corrected chi connectivity index (χ4v) is 7.07. The van der Waals surface area contributed by atoms with Gasteiger partial charge in [0.05, 0.1) is 35.3 Å². The van der Waals surface area contributed by atoms with Crippen molar-refractivity contribution < 1.29 is 9.47 Å². The van der Waals surface area contributed by atoms with E-state index in [1.54, 1.807) is 0 Å². The summed E-state index contributed by atoms with van der Waals surface area (Å²) in [5, 5.41) is 0. The predicted molar refractivity (Wildman–Crippen MR) is 215 cm³/mol. The van der Waals surface area contributed by atoms with Gasteiger partial charge in [-0.2, -0.15) is 0 Å². The largest absolute Gasteiger partial charge is 0.494 e. The van der Waals surface area contributed by atoms with Gasteiger partial charge in [0.15, 0.2) is 0 Å². The van der Waals surface area contributed by atoms with Gasteiger partial charge in [0, 0.05) is 37.3 Å². The van der Waals surface area contributed by atoms with E-state index in [0.29, 0.717) is 13.2 Å². The summed E-state index contributed by atoms with van der Waals surface area (Å²) in [6, 6.07) is 33.8. The first-order chi connectivity index (χ1) is 25.6. The summed E-state index contributed by atoms with van der Waals surface area (Å²) in [6.07, 6.45) is 4.01. The molecule has 0 spiro atoms. The molecule has 0 aliphatic carbocycles. The van der Waals surface area contributed by atoms with E-state index < -0.39 is 0 Å². The zero-order valence-corrected chi connectivity index (χ0v) is 31.6. The molecule has 0 radical (unpaired) electrons. The van der Waals surface area contributed by atoms with Crippen molar-refractivity contribution in [3.8, 4) is 34.3 Å². The summed E-state index contributed by atoms with van der Waals surface area (Å²) in [5.74, 6) is 3.75. The zero-order chi connectivity index (χ0) is 36.1. The molecule has 0 fully saturated rings. The number of hydrogen-bond acceptors (Lipinski definition) is 6. The van der Waals surface area contributed by atoms with E-state index in [9.17, 15) is 0 Å². The van der Waals surface area contributed by atoms with Gasteiger partial charge in [-0.05, 0) is 100 Å². The Morgan fingerprint density at radius 3 is 1.35 bits per heavy atom. The van der Waals surface area contributed by atoms with E-state index in [2.05, 4.69) is 144 Å². The second-order valence-electron chi connectivity index (χ2n) is 13.4. The highest BCUT2D eigenvalue weighted by Crippen LogP contribution is 2.30. The van der Waals surface area contributed by atoms with Crippen LogP contribution in [0.2, 0.25) is 0 Å². The van der Waals surface area contributed by atoms with E-state index >= 15 is 0 Å². The Morgan fingerprint density at radius 2 is 0.923 bits per heavy atom. The second kappa shape index (κ2) is 18.7. The van der Waals surface area contributed by atoms with Crippen LogP contribution in [0.3, 0.4) is 0 Å². The Balaban J connectivity index is 1.15. The third-order valence-electron chi connectivity index (χ3n) is 10.1. The fraction of sp³-hybridized carbons (Fsp3) is 0.409. The molecule has 0 saturated carbocycles. The van der Waals surface area contributed by atoms with E-state index in [4.69, 9.17) is 19.4 Å². The summed E-state index contributed by atoms with van der Waals surface area (Å²) < 4.78 is 17.2. The van der Waals surface area contributed by atoms with Gasteiger partial charge in [-0.3, -0.25) is 0 Å². The van der Waals surface area contributed by atoms with Crippen LogP contribution in [0.25, 0.3) is 44.8 Å². The Morgan fingerprint density at radius 1 is 0.500 bits per heavy atom. The van der Waals surface area contributed by atoms with Crippen molar-refractivity contribution in [2.75, 3.05) is 52.5 Å². The molecule has 8 nitrogen and oxygen atoms in total. The van der Waals surface area contributed by atoms with Crippen LogP contribution in [0, 0.1) is 0 Å². The molecule has 0 amide bonds. The first-order valence-electron chi connectivity index (χ1n) is 19.4. The average molecular weight is 701 g/mol. The van der Waals surface area contributed by atoms with Crippen LogP contribution >= 0.6 is 0 Å². The van der Waals surface area contributed by atoms with E-state index in [1.165, 1.54) is 0 Å². The minimum Gasteiger partial charge on any atom is -0.494 e. The van der Waals surface area contributed by atoms with Crippen molar-refractivity contribution in [3.05, 3.63) is 97.1 Å². The molecule has 0 aliphatic rings. The van der Waals surface area contributed by atoms with Crippen LogP contribution in [-0.2, 0) is 13.1 Å². The number of aryl methyl sites for hydroxylation is 2. The average Bonchev–Trinajstić information content (AvgIpc) is 3.75. The third kappa shape index (κ3) is 9.22. The minimum absolute atomic E-state index is 0.704. The van der Waals surface area contributed by atoms with E-state index in [0.717, 1.165) is 134 Å². The maximum Gasteiger partial charge on any atom is 0.141 e. The number of ether oxygens (including phenoxy) is 2. The van der Waals surface area contributed by atoms with Crippen LogP contribution in [-0.4, -0.2) is 81.4 Å². The Labute approximate surface area is 310 Å². The molecule has 4 aromatic carbocycles. The molecule has 6 aromatic rings. The summed E-state index contributed by atoms with van der Waals surface area (Å²) in [5.41, 5.74) is 6.50. The lowest BCUT2D eigenvalue weighted by Crippen LogP contribution is -2.25. The van der Waals surface area contributed by atoms with Crippen molar-refractivity contribution in [1.29, 1.82) is 0 Å². The molecule has 8 heteroatoms. The molecule has 0 aliphatic heterocycles. The molecule has 0 N–H and O–H groups in total. The van der Waals surface area contributed by atoms with Gasteiger partial charge in [-0.1, -0.05) is 76.2 Å². The fourth-order valence-electron chi connectivity index (χ4n) is 7.07. The van der Waals surface area contributed by atoms with Gasteiger partial charge >= 0.3 is 0 Å². The first-order valence-corrected chi connectivity index (χ1v) is 19.4. The summed E-state index contributed by atoms with van der Waals surface area (Å²) in [7, 11) is 0. The lowest BCUT2D eigenvalue weighted by Gasteiger charge is -2.18. The molecule has 2 aromatic heterocycles. The minimum atomic E-state index is 0.704. The van der Waals surface area contributed by atoms with E-state index in [-0.39, 0.29) is 0 Å². The Hall–Kier alpha value is -4.66. The molecule has 0 saturated heterocycles. The third-order valence-corrected chi connectivity index (χ3v) is 10.1. The number of nitrogens with zero attached hydrogens (tertiary/aromatic N) is 6. The maximum absolute atomic E-state index is 6.21. The zero-order valence-electron chi connectivity index (χ0n) is 31.6. The highest BCUT2D eigenvalue weighted by atomic mass is 16.5. The van der Waals surface area contributed by atoms with Gasteiger partial charge in [-0.15, -0.1) is 0 Å². The van der Waals surface area contributed by atoms with Crippen LogP contribution < -0.4 is 9.47 Å². The van der Waals surface area contributed by atoms with Gasteiger partial charge in [-0.25, -0.2) is 9.97 Å². The summed E-state index contributed by atoms with van der Waals surface area (Å²) in [6.45, 7) is 18.4. The molecule has 0 atom stereocenters. The highest BCUT2D eigenvalue weighted by Gasteiger charge is 2.16. The normalized spacial score (nSPS) is 11.7. The molecule has 0 bridgehead atoms. The molecular weight excluding hydrogens is 645 g/mol. The van der Waals surface area contributed by atoms with Crippen LogP contribution in [0.15, 0.2) is 97.1 Å². The summed E-state index contributed by atoms with van der Waals surface area (Å²) in [4.78, 5) is 15.1. The van der Waals surface area contributed by atoms with E-state index in [1.807, 2.05) is 0 Å². The van der Waals surface area contributed by atoms with Gasteiger partial charge in [0.2, 0.25) is 0 Å². The lowest BCUT2D eigenvalue weighted by atomic mass is 10.2. The van der Waals surface area contributed by atoms with Crippen molar-refractivity contribution in [2.45, 2.75) is 66.5 Å². The molecule has 6 rings (SSSR count). The van der Waals surface area contributed by atoms with Crippen LogP contribution in [0.4, 0.5) is 0 Å². The number of aromatic nitrogens is 4. The molecular formula is C44H56N6O2. The Bertz CT molecular complexity index is 1850. The quantitative estimate of drug-likeness (QED) is 0.0698. The second-order valence-corrected chi connectivity index (χ2v) is 13.4. The maximum atomic E-state index is 6.21. The number of fused-ring (bicyclic) bond motifs is 2. The highest BCUT2D eigenvalue weighted by molar-refractivity contribution is 5.82. The van der Waals surface area contributed by atoms with Crippen molar-refractivity contribution in [1.82, 2.24) is 28.9 Å².